The van der Waals surface area contributed by atoms with Crippen molar-refractivity contribution in [3.63, 3.8) is 0 Å². The number of carbonyl (C=O) groups is 1. The van der Waals surface area contributed by atoms with Gasteiger partial charge in [-0.05, 0) is 48.0 Å². The third-order valence-corrected chi connectivity index (χ3v) is 4.94. The van der Waals surface area contributed by atoms with E-state index in [-0.39, 0.29) is 58.8 Å². The number of aromatic amines is 1. The number of amides is 2. The Morgan fingerprint density at radius 2 is 1.79 bits per heavy atom. The molecule has 0 bridgehead atoms. The highest BCUT2D eigenvalue weighted by Gasteiger charge is 2.19. The third kappa shape index (κ3) is 4.65. The number of nitrogens with zero attached hydrogens (tertiary/aromatic N) is 1. The van der Waals surface area contributed by atoms with Crippen LogP contribution in [0.15, 0.2) is 48.5 Å². The van der Waals surface area contributed by atoms with Gasteiger partial charge in [0.25, 0.3) is 0 Å². The van der Waals surface area contributed by atoms with Crippen molar-refractivity contribution in [2.24, 2.45) is 11.5 Å². The molecule has 0 aliphatic carbocycles. The van der Waals surface area contributed by atoms with Crippen LogP contribution in [0.3, 0.4) is 0 Å². The van der Waals surface area contributed by atoms with Crippen LogP contribution in [0.4, 0.5) is 9.18 Å². The zero-order valence-electron chi connectivity index (χ0n) is 17.0. The van der Waals surface area contributed by atoms with Gasteiger partial charge in [-0.2, -0.15) is 0 Å². The van der Waals surface area contributed by atoms with E-state index in [0.29, 0.717) is 22.2 Å². The van der Waals surface area contributed by atoms with Crippen molar-refractivity contribution < 1.29 is 19.4 Å². The van der Waals surface area contributed by atoms with Gasteiger partial charge in [-0.1, -0.05) is 6.07 Å². The number of rotatable bonds is 5. The normalized spacial score (nSPS) is 10.6. The Hall–Kier alpha value is -4.31. The molecule has 0 unspecified atom stereocenters. The molecule has 170 valence electrons. The molecule has 1 aromatic heterocycles. The SMILES string of the molecule is Cl.N=C(N)c1ccc2[nH]c(-c3cc(F)cc(-c4cc(CNC(N)=O)ccc4O)c3O)nc2c1. The molecule has 4 aromatic rings. The molecule has 0 radical (unpaired) electrons. The van der Waals surface area contributed by atoms with E-state index in [9.17, 15) is 19.4 Å². The number of phenols is 2. The van der Waals surface area contributed by atoms with Gasteiger partial charge in [-0.3, -0.25) is 5.41 Å². The van der Waals surface area contributed by atoms with E-state index in [1.165, 1.54) is 12.1 Å². The van der Waals surface area contributed by atoms with E-state index in [1.807, 2.05) is 0 Å². The zero-order chi connectivity index (χ0) is 23.0. The number of fused-ring (bicyclic) bond motifs is 1. The lowest BCUT2D eigenvalue weighted by atomic mass is 9.98. The molecule has 0 spiro atoms. The highest BCUT2D eigenvalue weighted by molar-refractivity contribution is 5.98. The third-order valence-electron chi connectivity index (χ3n) is 4.94. The Morgan fingerprint density at radius 3 is 2.48 bits per heavy atom. The molecule has 3 aromatic carbocycles. The number of aromatic hydroxyl groups is 2. The van der Waals surface area contributed by atoms with E-state index in [0.717, 1.165) is 12.1 Å². The maximum atomic E-state index is 14.5. The lowest BCUT2D eigenvalue weighted by molar-refractivity contribution is 0.248. The van der Waals surface area contributed by atoms with Crippen LogP contribution in [0.5, 0.6) is 11.5 Å². The Kier molecular flexibility index (Phi) is 6.40. The van der Waals surface area contributed by atoms with Crippen LogP contribution in [-0.4, -0.2) is 32.0 Å². The number of halogens is 2. The molecule has 9 N–H and O–H groups in total. The predicted octanol–water partition coefficient (Wildman–Crippen LogP) is 3.32. The van der Waals surface area contributed by atoms with Gasteiger partial charge in [0, 0.05) is 23.2 Å². The number of aromatic nitrogens is 2. The van der Waals surface area contributed by atoms with Crippen LogP contribution in [0, 0.1) is 11.2 Å². The first kappa shape index (κ1) is 23.4. The molecule has 0 aliphatic rings. The summed E-state index contributed by atoms with van der Waals surface area (Å²) in [5.74, 6) is -1.06. The van der Waals surface area contributed by atoms with E-state index < -0.39 is 11.8 Å². The van der Waals surface area contributed by atoms with E-state index >= 15 is 0 Å². The summed E-state index contributed by atoms with van der Waals surface area (Å²) >= 11 is 0. The average Bonchev–Trinajstić information content (AvgIpc) is 3.17. The number of imidazole rings is 1. The minimum absolute atomic E-state index is 0. The first-order valence-corrected chi connectivity index (χ1v) is 9.45. The number of hydrogen-bond acceptors (Lipinski definition) is 5. The van der Waals surface area contributed by atoms with Crippen molar-refractivity contribution in [2.45, 2.75) is 6.54 Å². The highest BCUT2D eigenvalue weighted by atomic mass is 35.5. The van der Waals surface area contributed by atoms with Crippen LogP contribution in [0.2, 0.25) is 0 Å². The van der Waals surface area contributed by atoms with E-state index in [1.54, 1.807) is 24.3 Å². The summed E-state index contributed by atoms with van der Waals surface area (Å²) < 4.78 is 14.5. The fourth-order valence-corrected chi connectivity index (χ4v) is 3.38. The average molecular weight is 471 g/mol. The maximum absolute atomic E-state index is 14.5. The van der Waals surface area contributed by atoms with Gasteiger partial charge in [0.2, 0.25) is 0 Å². The standard InChI is InChI=1S/C22H19FN6O3.ClH/c23-12-7-14(13-5-10(1-4-18(13)30)9-27-22(26)32)19(31)15(8-12)21-28-16-3-2-11(20(24)25)6-17(16)29-21;/h1-8,30-31H,9H2,(H3,24,25)(H,28,29)(H3,26,27,32);1H. The molecule has 0 aliphatic heterocycles. The second-order valence-corrected chi connectivity index (χ2v) is 7.15. The number of amidine groups is 1. The summed E-state index contributed by atoms with van der Waals surface area (Å²) in [5.41, 5.74) is 13.1. The van der Waals surface area contributed by atoms with Crippen LogP contribution < -0.4 is 16.8 Å². The summed E-state index contributed by atoms with van der Waals surface area (Å²) in [6, 6.07) is 10.9. The molecule has 9 nitrogen and oxygen atoms in total. The second kappa shape index (κ2) is 9.05. The smallest absolute Gasteiger partial charge is 0.312 e. The summed E-state index contributed by atoms with van der Waals surface area (Å²) in [4.78, 5) is 18.4. The number of nitrogens with one attached hydrogen (secondary N) is 3. The van der Waals surface area contributed by atoms with Crippen LogP contribution >= 0.6 is 12.4 Å². The first-order chi connectivity index (χ1) is 15.2. The van der Waals surface area contributed by atoms with Crippen molar-refractivity contribution in [2.75, 3.05) is 0 Å². The fraction of sp³-hybridized carbons (Fsp3) is 0.0455. The number of H-pyrrole nitrogens is 1. The van der Waals surface area contributed by atoms with Crippen LogP contribution in [-0.2, 0) is 6.54 Å². The van der Waals surface area contributed by atoms with Gasteiger partial charge < -0.3 is 32.0 Å². The fourth-order valence-electron chi connectivity index (χ4n) is 3.38. The van der Waals surface area contributed by atoms with E-state index in [2.05, 4.69) is 15.3 Å². The molecular weight excluding hydrogens is 451 g/mol. The van der Waals surface area contributed by atoms with Crippen molar-refractivity contribution in [1.82, 2.24) is 15.3 Å². The number of urea groups is 1. The zero-order valence-corrected chi connectivity index (χ0v) is 17.8. The Balaban J connectivity index is 0.00000306. The van der Waals surface area contributed by atoms with Gasteiger partial charge in [-0.25, -0.2) is 14.2 Å². The molecule has 1 heterocycles. The topological polar surface area (TPSA) is 174 Å². The quantitative estimate of drug-likeness (QED) is 0.174. The van der Waals surface area contributed by atoms with Crippen molar-refractivity contribution in [3.05, 3.63) is 65.5 Å². The van der Waals surface area contributed by atoms with Gasteiger partial charge >= 0.3 is 6.03 Å². The molecule has 33 heavy (non-hydrogen) atoms. The molecule has 4 rings (SSSR count). The molecule has 0 atom stereocenters. The van der Waals surface area contributed by atoms with Crippen LogP contribution in [0.1, 0.15) is 11.1 Å². The number of carbonyl (C=O) groups excluding carboxylic acids is 1. The lowest BCUT2D eigenvalue weighted by Gasteiger charge is -2.12. The summed E-state index contributed by atoms with van der Waals surface area (Å²) in [6.45, 7) is 0.0909. The number of nitrogen functional groups attached to an aromatic ring is 1. The Morgan fingerprint density at radius 1 is 1.06 bits per heavy atom. The molecule has 0 saturated carbocycles. The summed E-state index contributed by atoms with van der Waals surface area (Å²) in [5, 5.41) is 31.3. The highest BCUT2D eigenvalue weighted by Crippen LogP contribution is 2.42. The Bertz CT molecular complexity index is 1390. The van der Waals surface area contributed by atoms with Crippen LogP contribution in [0.25, 0.3) is 33.5 Å². The molecule has 11 heteroatoms. The van der Waals surface area contributed by atoms with Gasteiger partial charge in [0.05, 0.1) is 16.6 Å². The minimum atomic E-state index is -0.715. The van der Waals surface area contributed by atoms with Crippen molar-refractivity contribution in [3.8, 4) is 34.0 Å². The number of phenolic OH excluding ortho intramolecular Hbond substituents is 2. The second-order valence-electron chi connectivity index (χ2n) is 7.15. The van der Waals surface area contributed by atoms with Gasteiger partial charge in [0.1, 0.15) is 29.0 Å². The number of benzene rings is 3. The first-order valence-electron chi connectivity index (χ1n) is 9.45. The number of nitrogens with two attached hydrogens (primary N) is 2. The van der Waals surface area contributed by atoms with E-state index in [4.69, 9.17) is 16.9 Å². The number of hydrogen-bond donors (Lipinski definition) is 7. The Labute approximate surface area is 193 Å². The molecule has 2 amide bonds. The molecular formula is C22H20ClFN6O3. The maximum Gasteiger partial charge on any atom is 0.312 e. The summed E-state index contributed by atoms with van der Waals surface area (Å²) in [7, 11) is 0. The number of primary amides is 1. The van der Waals surface area contributed by atoms with Crippen molar-refractivity contribution >= 4 is 35.3 Å². The van der Waals surface area contributed by atoms with Gasteiger partial charge in [-0.15, -0.1) is 12.4 Å². The monoisotopic (exact) mass is 470 g/mol. The molecule has 0 fully saturated rings. The lowest BCUT2D eigenvalue weighted by Crippen LogP contribution is -2.28. The molecule has 0 saturated heterocycles. The minimum Gasteiger partial charge on any atom is -0.507 e. The largest absolute Gasteiger partial charge is 0.507 e. The predicted molar refractivity (Wildman–Crippen MR) is 125 cm³/mol. The van der Waals surface area contributed by atoms with Crippen molar-refractivity contribution in [1.29, 1.82) is 5.41 Å². The summed E-state index contributed by atoms with van der Waals surface area (Å²) in [6.07, 6.45) is 0. The van der Waals surface area contributed by atoms with Gasteiger partial charge in [0.15, 0.2) is 0 Å².